The fourth-order valence-electron chi connectivity index (χ4n) is 2.36. The largest absolute Gasteiger partial charge is 0.455 e. The van der Waals surface area contributed by atoms with E-state index in [-0.39, 0.29) is 11.8 Å². The molecule has 0 bridgehead atoms. The van der Waals surface area contributed by atoms with Crippen LogP contribution in [0.15, 0.2) is 42.7 Å². The van der Waals surface area contributed by atoms with E-state index >= 15 is 0 Å². The normalized spacial score (nSPS) is 17.2. The Morgan fingerprint density at radius 2 is 2.32 bits per heavy atom. The van der Waals surface area contributed by atoms with Crippen molar-refractivity contribution in [2.24, 2.45) is 5.92 Å². The van der Waals surface area contributed by atoms with E-state index in [1.165, 1.54) is 0 Å². The summed E-state index contributed by atoms with van der Waals surface area (Å²) in [5, 5.41) is 2.93. The summed E-state index contributed by atoms with van der Waals surface area (Å²) in [6, 6.07) is 9.26. The van der Waals surface area contributed by atoms with Gasteiger partial charge in [-0.1, -0.05) is 0 Å². The van der Waals surface area contributed by atoms with E-state index in [9.17, 15) is 4.79 Å². The molecule has 0 radical (unpaired) electrons. The van der Waals surface area contributed by atoms with E-state index in [2.05, 4.69) is 10.3 Å². The molecule has 1 fully saturated rings. The molecule has 1 N–H and O–H groups in total. The van der Waals surface area contributed by atoms with Gasteiger partial charge >= 0.3 is 0 Å². The fourth-order valence-corrected chi connectivity index (χ4v) is 2.36. The maximum Gasteiger partial charge on any atom is 0.229 e. The molecule has 1 atom stereocenters. The van der Waals surface area contributed by atoms with Crippen molar-refractivity contribution in [2.45, 2.75) is 13.3 Å². The topological polar surface area (TPSA) is 60.5 Å². The number of ether oxygens (including phenoxy) is 2. The van der Waals surface area contributed by atoms with Gasteiger partial charge in [0, 0.05) is 18.5 Å². The van der Waals surface area contributed by atoms with Crippen LogP contribution in [0, 0.1) is 12.8 Å². The van der Waals surface area contributed by atoms with Crippen molar-refractivity contribution in [3.63, 3.8) is 0 Å². The first kappa shape index (κ1) is 14.5. The summed E-state index contributed by atoms with van der Waals surface area (Å²) < 4.78 is 11.0. The maximum absolute atomic E-state index is 12.1. The smallest absolute Gasteiger partial charge is 0.229 e. The number of aromatic nitrogens is 1. The molecule has 22 heavy (non-hydrogen) atoms. The Bertz CT molecular complexity index is 652. The summed E-state index contributed by atoms with van der Waals surface area (Å²) in [6.45, 7) is 3.11. The van der Waals surface area contributed by atoms with Gasteiger partial charge < -0.3 is 14.8 Å². The first-order valence-electron chi connectivity index (χ1n) is 7.29. The summed E-state index contributed by atoms with van der Waals surface area (Å²) in [5.74, 6) is 1.39. The van der Waals surface area contributed by atoms with Crippen LogP contribution in [0.25, 0.3) is 0 Å². The number of benzene rings is 1. The van der Waals surface area contributed by atoms with Gasteiger partial charge in [0.2, 0.25) is 5.91 Å². The quantitative estimate of drug-likeness (QED) is 0.942. The summed E-state index contributed by atoms with van der Waals surface area (Å²) in [6.07, 6.45) is 4.15. The highest BCUT2D eigenvalue weighted by molar-refractivity contribution is 5.93. The van der Waals surface area contributed by atoms with Crippen molar-refractivity contribution in [3.05, 3.63) is 48.3 Å². The van der Waals surface area contributed by atoms with Crippen LogP contribution in [-0.2, 0) is 9.53 Å². The van der Waals surface area contributed by atoms with E-state index in [1.54, 1.807) is 12.4 Å². The Balaban J connectivity index is 1.68. The number of hydrogen-bond donors (Lipinski definition) is 1. The molecule has 0 spiro atoms. The second-order valence-electron chi connectivity index (χ2n) is 5.32. The van der Waals surface area contributed by atoms with Crippen LogP contribution in [-0.4, -0.2) is 24.1 Å². The average Bonchev–Trinajstić information content (AvgIpc) is 3.05. The Hall–Kier alpha value is -2.40. The second kappa shape index (κ2) is 6.58. The molecular formula is C17H18N2O3. The molecule has 0 aliphatic carbocycles. The van der Waals surface area contributed by atoms with Gasteiger partial charge in [0.15, 0.2) is 0 Å². The molecule has 1 amide bonds. The van der Waals surface area contributed by atoms with E-state index < -0.39 is 0 Å². The third kappa shape index (κ3) is 3.43. The van der Waals surface area contributed by atoms with Gasteiger partial charge in [-0.05, 0) is 49.2 Å². The molecule has 2 aromatic rings. The lowest BCUT2D eigenvalue weighted by atomic mass is 10.1. The molecule has 5 nitrogen and oxygen atoms in total. The Morgan fingerprint density at radius 3 is 3.00 bits per heavy atom. The van der Waals surface area contributed by atoms with Gasteiger partial charge in [-0.25, -0.2) is 0 Å². The summed E-state index contributed by atoms with van der Waals surface area (Å²) in [4.78, 5) is 16.1. The number of carbonyl (C=O) groups excluding carboxylic acids is 1. The van der Waals surface area contributed by atoms with Crippen molar-refractivity contribution in [2.75, 3.05) is 18.5 Å². The molecule has 1 aromatic carbocycles. The molecular weight excluding hydrogens is 280 g/mol. The highest BCUT2D eigenvalue weighted by Crippen LogP contribution is 2.27. The van der Waals surface area contributed by atoms with E-state index in [4.69, 9.17) is 9.47 Å². The minimum atomic E-state index is -0.0494. The molecule has 0 saturated carbocycles. The van der Waals surface area contributed by atoms with Crippen molar-refractivity contribution in [1.29, 1.82) is 0 Å². The van der Waals surface area contributed by atoms with Crippen LogP contribution in [0.3, 0.4) is 0 Å². The van der Waals surface area contributed by atoms with Crippen LogP contribution in [0.5, 0.6) is 11.5 Å². The number of nitrogens with zero attached hydrogens (tertiary/aromatic N) is 1. The van der Waals surface area contributed by atoms with Crippen LogP contribution in [0.4, 0.5) is 5.69 Å². The number of pyridine rings is 1. The highest BCUT2D eigenvalue weighted by Gasteiger charge is 2.23. The number of aryl methyl sites for hydroxylation is 1. The van der Waals surface area contributed by atoms with Gasteiger partial charge in [-0.2, -0.15) is 0 Å². The minimum absolute atomic E-state index is 0.0119. The molecule has 1 aliphatic rings. The molecule has 3 rings (SSSR count). The SMILES string of the molecule is Cc1cc(NC(=O)C2CCOC2)ccc1Oc1cccnc1. The second-order valence-corrected chi connectivity index (χ2v) is 5.32. The van der Waals surface area contributed by atoms with Crippen molar-refractivity contribution < 1.29 is 14.3 Å². The van der Waals surface area contributed by atoms with Gasteiger partial charge in [0.25, 0.3) is 0 Å². The number of hydrogen-bond acceptors (Lipinski definition) is 4. The summed E-state index contributed by atoms with van der Waals surface area (Å²) in [5.41, 5.74) is 1.72. The van der Waals surface area contributed by atoms with Crippen LogP contribution in [0.2, 0.25) is 0 Å². The van der Waals surface area contributed by atoms with Gasteiger partial charge in [0.1, 0.15) is 11.5 Å². The predicted octanol–water partition coefficient (Wildman–Crippen LogP) is 3.16. The van der Waals surface area contributed by atoms with Crippen LogP contribution >= 0.6 is 0 Å². The lowest BCUT2D eigenvalue weighted by molar-refractivity contribution is -0.119. The molecule has 114 valence electrons. The number of rotatable bonds is 4. The zero-order valence-electron chi connectivity index (χ0n) is 12.4. The Labute approximate surface area is 129 Å². The summed E-state index contributed by atoms with van der Waals surface area (Å²) in [7, 11) is 0. The highest BCUT2D eigenvalue weighted by atomic mass is 16.5. The number of carbonyl (C=O) groups is 1. The lowest BCUT2D eigenvalue weighted by Gasteiger charge is -2.12. The zero-order chi connectivity index (χ0) is 15.4. The van der Waals surface area contributed by atoms with Gasteiger partial charge in [-0.3, -0.25) is 9.78 Å². The molecule has 1 saturated heterocycles. The van der Waals surface area contributed by atoms with Crippen LogP contribution < -0.4 is 10.1 Å². The molecule has 1 unspecified atom stereocenters. The number of nitrogens with one attached hydrogen (secondary N) is 1. The number of anilines is 1. The van der Waals surface area contributed by atoms with Crippen molar-refractivity contribution in [1.82, 2.24) is 4.98 Å². The zero-order valence-corrected chi connectivity index (χ0v) is 12.4. The fraction of sp³-hybridized carbons (Fsp3) is 0.294. The minimum Gasteiger partial charge on any atom is -0.455 e. The maximum atomic E-state index is 12.1. The third-order valence-corrected chi connectivity index (χ3v) is 3.61. The van der Waals surface area contributed by atoms with E-state index in [0.717, 1.165) is 23.4 Å². The predicted molar refractivity (Wildman–Crippen MR) is 83.0 cm³/mol. The summed E-state index contributed by atoms with van der Waals surface area (Å²) >= 11 is 0. The van der Waals surface area contributed by atoms with Gasteiger partial charge in [0.05, 0.1) is 18.7 Å². The first-order valence-corrected chi connectivity index (χ1v) is 7.29. The first-order chi connectivity index (χ1) is 10.7. The van der Waals surface area contributed by atoms with Gasteiger partial charge in [-0.15, -0.1) is 0 Å². The molecule has 5 heteroatoms. The van der Waals surface area contributed by atoms with E-state index in [1.807, 2.05) is 37.3 Å². The standard InChI is InChI=1S/C17H18N2O3/c1-12-9-14(19-17(20)13-6-8-21-11-13)4-5-16(12)22-15-3-2-7-18-10-15/h2-5,7,9-10,13H,6,8,11H2,1H3,(H,19,20). The monoisotopic (exact) mass is 298 g/mol. The van der Waals surface area contributed by atoms with Crippen molar-refractivity contribution in [3.8, 4) is 11.5 Å². The number of amides is 1. The molecule has 2 heterocycles. The Kier molecular flexibility index (Phi) is 4.34. The lowest BCUT2D eigenvalue weighted by Crippen LogP contribution is -2.22. The average molecular weight is 298 g/mol. The molecule has 1 aliphatic heterocycles. The van der Waals surface area contributed by atoms with E-state index in [0.29, 0.717) is 19.0 Å². The third-order valence-electron chi connectivity index (χ3n) is 3.61. The molecule has 1 aromatic heterocycles. The Morgan fingerprint density at radius 1 is 1.41 bits per heavy atom. The van der Waals surface area contributed by atoms with Crippen LogP contribution in [0.1, 0.15) is 12.0 Å². The van der Waals surface area contributed by atoms with Crippen molar-refractivity contribution >= 4 is 11.6 Å².